The van der Waals surface area contributed by atoms with Gasteiger partial charge in [0.25, 0.3) is 5.56 Å². The van der Waals surface area contributed by atoms with Crippen molar-refractivity contribution in [3.05, 3.63) is 47.0 Å². The lowest BCUT2D eigenvalue weighted by Gasteiger charge is -2.09. The summed E-state index contributed by atoms with van der Waals surface area (Å²) in [6.07, 6.45) is 2.33. The van der Waals surface area contributed by atoms with Crippen LogP contribution in [0.15, 0.2) is 41.5 Å². The molecule has 3 aromatic rings. The van der Waals surface area contributed by atoms with Crippen molar-refractivity contribution in [2.45, 2.75) is 32.9 Å². The highest BCUT2D eigenvalue weighted by atomic mass is 32.1. The molecule has 1 N–H and O–H groups in total. The molecule has 0 bridgehead atoms. The lowest BCUT2D eigenvalue weighted by Crippen LogP contribution is -2.33. The predicted octanol–water partition coefficient (Wildman–Crippen LogP) is 3.06. The van der Waals surface area contributed by atoms with E-state index in [0.29, 0.717) is 23.4 Å². The van der Waals surface area contributed by atoms with Crippen molar-refractivity contribution in [3.63, 3.8) is 0 Å². The standard InChI is InChI=1S/C21H25N3O4S/c1-14(2)28-10-4-9-22-19(25)12-24-13-23-17-11-18(29-20(17)21(24)26)15-5-7-16(27-3)8-6-15/h5-8,11,13-14H,4,9-10,12H2,1-3H3,(H,22,25). The highest BCUT2D eigenvalue weighted by Gasteiger charge is 2.12. The van der Waals surface area contributed by atoms with Crippen molar-refractivity contribution in [3.8, 4) is 16.2 Å². The first kappa shape index (κ1) is 21.0. The van der Waals surface area contributed by atoms with Crippen LogP contribution in [0.2, 0.25) is 0 Å². The Hall–Kier alpha value is -2.71. The fourth-order valence-electron chi connectivity index (χ4n) is 2.79. The topological polar surface area (TPSA) is 82.5 Å². The van der Waals surface area contributed by atoms with Crippen LogP contribution in [0.4, 0.5) is 0 Å². The molecular formula is C21H25N3O4S. The van der Waals surface area contributed by atoms with Crippen LogP contribution in [0.1, 0.15) is 20.3 Å². The number of benzene rings is 1. The van der Waals surface area contributed by atoms with Gasteiger partial charge in [0.05, 0.1) is 25.1 Å². The van der Waals surface area contributed by atoms with Crippen molar-refractivity contribution in [2.24, 2.45) is 0 Å². The van der Waals surface area contributed by atoms with Gasteiger partial charge >= 0.3 is 0 Å². The number of rotatable bonds is 9. The molecule has 0 aliphatic rings. The zero-order valence-corrected chi connectivity index (χ0v) is 17.6. The maximum Gasteiger partial charge on any atom is 0.271 e. The van der Waals surface area contributed by atoms with Gasteiger partial charge in [-0.15, -0.1) is 11.3 Å². The quantitative estimate of drug-likeness (QED) is 0.543. The number of amides is 1. The largest absolute Gasteiger partial charge is 0.497 e. The highest BCUT2D eigenvalue weighted by molar-refractivity contribution is 7.22. The van der Waals surface area contributed by atoms with Gasteiger partial charge in [-0.05, 0) is 56.2 Å². The molecule has 154 valence electrons. The molecule has 8 heteroatoms. The molecule has 3 rings (SSSR count). The molecule has 0 unspecified atom stereocenters. The maximum atomic E-state index is 12.8. The Morgan fingerprint density at radius 3 is 2.72 bits per heavy atom. The Kier molecular flexibility index (Phi) is 7.00. The van der Waals surface area contributed by atoms with E-state index < -0.39 is 0 Å². The van der Waals surface area contributed by atoms with Gasteiger partial charge in [0.1, 0.15) is 17.0 Å². The van der Waals surface area contributed by atoms with Crippen LogP contribution in [-0.4, -0.2) is 41.8 Å². The molecule has 0 atom stereocenters. The zero-order valence-electron chi connectivity index (χ0n) is 16.8. The summed E-state index contributed by atoms with van der Waals surface area (Å²) in [5.41, 5.74) is 1.41. The molecule has 0 radical (unpaired) electrons. The second-order valence-electron chi connectivity index (χ2n) is 6.85. The van der Waals surface area contributed by atoms with Gasteiger partial charge in [-0.3, -0.25) is 14.2 Å². The maximum absolute atomic E-state index is 12.8. The van der Waals surface area contributed by atoms with Crippen molar-refractivity contribution < 1.29 is 14.3 Å². The molecule has 29 heavy (non-hydrogen) atoms. The number of aromatic nitrogens is 2. The average Bonchev–Trinajstić information content (AvgIpc) is 3.15. The number of methoxy groups -OCH3 is 1. The molecule has 1 amide bonds. The third-order valence-corrected chi connectivity index (χ3v) is 5.45. The Morgan fingerprint density at radius 2 is 2.03 bits per heavy atom. The van der Waals surface area contributed by atoms with Gasteiger partial charge in [-0.25, -0.2) is 4.98 Å². The van der Waals surface area contributed by atoms with Crippen LogP contribution in [0.5, 0.6) is 5.75 Å². The minimum absolute atomic E-state index is 0.0530. The Balaban J connectivity index is 1.68. The van der Waals surface area contributed by atoms with E-state index in [1.54, 1.807) is 7.11 Å². The fraction of sp³-hybridized carbons (Fsp3) is 0.381. The minimum atomic E-state index is -0.218. The fourth-order valence-corrected chi connectivity index (χ4v) is 3.85. The zero-order chi connectivity index (χ0) is 20.8. The highest BCUT2D eigenvalue weighted by Crippen LogP contribution is 2.31. The number of fused-ring (bicyclic) bond motifs is 1. The number of hydrogen-bond donors (Lipinski definition) is 1. The molecule has 7 nitrogen and oxygen atoms in total. The number of carbonyl (C=O) groups excluding carboxylic acids is 1. The van der Waals surface area contributed by atoms with Crippen molar-refractivity contribution in [1.29, 1.82) is 0 Å². The summed E-state index contributed by atoms with van der Waals surface area (Å²) in [6.45, 7) is 4.99. The second-order valence-corrected chi connectivity index (χ2v) is 7.91. The number of carbonyl (C=O) groups is 1. The van der Waals surface area contributed by atoms with Gasteiger partial charge in [-0.2, -0.15) is 0 Å². The smallest absolute Gasteiger partial charge is 0.271 e. The van der Waals surface area contributed by atoms with E-state index in [0.717, 1.165) is 22.6 Å². The Labute approximate surface area is 173 Å². The van der Waals surface area contributed by atoms with Gasteiger partial charge in [-0.1, -0.05) is 0 Å². The van der Waals surface area contributed by atoms with E-state index in [4.69, 9.17) is 9.47 Å². The van der Waals surface area contributed by atoms with Gasteiger partial charge in [0.2, 0.25) is 5.91 Å². The number of hydrogen-bond acceptors (Lipinski definition) is 6. The van der Waals surface area contributed by atoms with Gasteiger partial charge < -0.3 is 14.8 Å². The summed E-state index contributed by atoms with van der Waals surface area (Å²) in [5.74, 6) is 0.557. The van der Waals surface area contributed by atoms with Crippen LogP contribution >= 0.6 is 11.3 Å². The first-order valence-corrected chi connectivity index (χ1v) is 10.3. The van der Waals surface area contributed by atoms with Crippen LogP contribution in [0.25, 0.3) is 20.7 Å². The molecule has 0 fully saturated rings. The predicted molar refractivity (Wildman–Crippen MR) is 115 cm³/mol. The monoisotopic (exact) mass is 415 g/mol. The first-order valence-electron chi connectivity index (χ1n) is 9.49. The lowest BCUT2D eigenvalue weighted by molar-refractivity contribution is -0.121. The van der Waals surface area contributed by atoms with Crippen LogP contribution in [0.3, 0.4) is 0 Å². The van der Waals surface area contributed by atoms with E-state index >= 15 is 0 Å². The van der Waals surface area contributed by atoms with E-state index in [-0.39, 0.29) is 24.1 Å². The van der Waals surface area contributed by atoms with E-state index in [1.165, 1.54) is 22.2 Å². The molecule has 1 aromatic carbocycles. The molecule has 0 spiro atoms. The third-order valence-electron chi connectivity index (χ3n) is 4.29. The normalized spacial score (nSPS) is 11.2. The van der Waals surface area contributed by atoms with Crippen molar-refractivity contribution in [1.82, 2.24) is 14.9 Å². The number of nitrogens with zero attached hydrogens (tertiary/aromatic N) is 2. The molecule has 0 saturated heterocycles. The summed E-state index contributed by atoms with van der Waals surface area (Å²) in [7, 11) is 1.62. The summed E-state index contributed by atoms with van der Waals surface area (Å²) in [4.78, 5) is 30.2. The average molecular weight is 416 g/mol. The SMILES string of the molecule is COc1ccc(-c2cc3ncn(CC(=O)NCCCOC(C)C)c(=O)c3s2)cc1. The molecular weight excluding hydrogens is 390 g/mol. The molecule has 2 aromatic heterocycles. The Morgan fingerprint density at radius 1 is 1.28 bits per heavy atom. The minimum Gasteiger partial charge on any atom is -0.497 e. The molecule has 2 heterocycles. The summed E-state index contributed by atoms with van der Waals surface area (Å²) >= 11 is 1.37. The van der Waals surface area contributed by atoms with Crippen LogP contribution < -0.4 is 15.6 Å². The van der Waals surface area contributed by atoms with E-state index in [2.05, 4.69) is 10.3 Å². The van der Waals surface area contributed by atoms with E-state index in [1.807, 2.05) is 44.2 Å². The summed E-state index contributed by atoms with van der Waals surface area (Å²) in [5, 5.41) is 2.81. The summed E-state index contributed by atoms with van der Waals surface area (Å²) in [6, 6.07) is 9.53. The van der Waals surface area contributed by atoms with Crippen molar-refractivity contribution >= 4 is 27.5 Å². The lowest BCUT2D eigenvalue weighted by atomic mass is 10.2. The Bertz CT molecular complexity index is 1020. The van der Waals surface area contributed by atoms with Crippen LogP contribution in [-0.2, 0) is 16.1 Å². The molecule has 0 saturated carbocycles. The van der Waals surface area contributed by atoms with Crippen LogP contribution in [0, 0.1) is 0 Å². The first-order chi connectivity index (χ1) is 14.0. The third kappa shape index (κ3) is 5.42. The molecule has 0 aliphatic heterocycles. The number of thiophene rings is 1. The van der Waals surface area contributed by atoms with Gasteiger partial charge in [0.15, 0.2) is 0 Å². The van der Waals surface area contributed by atoms with Crippen molar-refractivity contribution in [2.75, 3.05) is 20.3 Å². The summed E-state index contributed by atoms with van der Waals surface area (Å²) < 4.78 is 12.5. The molecule has 0 aliphatic carbocycles. The number of ether oxygens (including phenoxy) is 2. The second kappa shape index (κ2) is 9.67. The van der Waals surface area contributed by atoms with E-state index in [9.17, 15) is 9.59 Å². The van der Waals surface area contributed by atoms with Gasteiger partial charge in [0, 0.05) is 18.0 Å². The number of nitrogens with one attached hydrogen (secondary N) is 1.